The van der Waals surface area contributed by atoms with Crippen molar-refractivity contribution in [2.45, 2.75) is 25.4 Å². The molecule has 0 aliphatic heterocycles. The van der Waals surface area contributed by atoms with E-state index in [-0.39, 0.29) is 6.10 Å². The number of nitrogens with two attached hydrogens (primary N) is 1. The second-order valence-electron chi connectivity index (χ2n) is 3.27. The van der Waals surface area contributed by atoms with Gasteiger partial charge in [0.15, 0.2) is 0 Å². The van der Waals surface area contributed by atoms with Crippen LogP contribution in [0.25, 0.3) is 0 Å². The number of aliphatic hydroxyl groups excluding tert-OH is 1. The smallest absolute Gasteiger partial charge is 0.0585 e. The fourth-order valence-electron chi connectivity index (χ4n) is 1.62. The van der Waals surface area contributed by atoms with Gasteiger partial charge in [-0.15, -0.1) is 0 Å². The SMILES string of the molecule is Nc1cnc2c(c1)C[C@H](O)CC2. The van der Waals surface area contributed by atoms with E-state index in [0.717, 1.165) is 24.1 Å². The van der Waals surface area contributed by atoms with Gasteiger partial charge in [0.25, 0.3) is 0 Å². The monoisotopic (exact) mass is 164 g/mol. The van der Waals surface area contributed by atoms with Crippen LogP contribution in [0.15, 0.2) is 12.3 Å². The van der Waals surface area contributed by atoms with Crippen molar-refractivity contribution in [3.8, 4) is 0 Å². The molecule has 1 aliphatic carbocycles. The molecule has 64 valence electrons. The molecule has 0 aromatic carbocycles. The third-order valence-corrected chi connectivity index (χ3v) is 2.25. The first-order chi connectivity index (χ1) is 5.75. The molecule has 0 unspecified atom stereocenters. The largest absolute Gasteiger partial charge is 0.397 e. The highest BCUT2D eigenvalue weighted by Gasteiger charge is 2.16. The second kappa shape index (κ2) is 2.75. The Balaban J connectivity index is 2.37. The number of rotatable bonds is 0. The number of aliphatic hydroxyl groups is 1. The lowest BCUT2D eigenvalue weighted by molar-refractivity contribution is 0.158. The van der Waals surface area contributed by atoms with E-state index in [1.165, 1.54) is 0 Å². The summed E-state index contributed by atoms with van der Waals surface area (Å²) in [7, 11) is 0. The Morgan fingerprint density at radius 2 is 2.42 bits per heavy atom. The molecule has 1 atom stereocenters. The van der Waals surface area contributed by atoms with E-state index in [0.29, 0.717) is 12.1 Å². The normalized spacial score (nSPS) is 21.9. The summed E-state index contributed by atoms with van der Waals surface area (Å²) < 4.78 is 0. The van der Waals surface area contributed by atoms with Crippen molar-refractivity contribution in [3.63, 3.8) is 0 Å². The van der Waals surface area contributed by atoms with Crippen LogP contribution in [-0.4, -0.2) is 16.2 Å². The van der Waals surface area contributed by atoms with Crippen molar-refractivity contribution in [1.82, 2.24) is 4.98 Å². The van der Waals surface area contributed by atoms with Gasteiger partial charge in [-0.2, -0.15) is 0 Å². The van der Waals surface area contributed by atoms with Crippen LogP contribution in [0.1, 0.15) is 17.7 Å². The lowest BCUT2D eigenvalue weighted by Crippen LogP contribution is -2.19. The van der Waals surface area contributed by atoms with Crippen LogP contribution in [0.4, 0.5) is 5.69 Å². The summed E-state index contributed by atoms with van der Waals surface area (Å²) in [5.41, 5.74) is 8.46. The summed E-state index contributed by atoms with van der Waals surface area (Å²) >= 11 is 0. The van der Waals surface area contributed by atoms with Crippen molar-refractivity contribution >= 4 is 5.69 Å². The average Bonchev–Trinajstić information content (AvgIpc) is 2.03. The standard InChI is InChI=1S/C9H12N2O/c10-7-3-6-4-8(12)1-2-9(6)11-5-7/h3,5,8,12H,1-2,4,10H2/t8-/m1/s1. The van der Waals surface area contributed by atoms with Crippen LogP contribution in [0.5, 0.6) is 0 Å². The third kappa shape index (κ3) is 1.28. The van der Waals surface area contributed by atoms with Gasteiger partial charge in [0.2, 0.25) is 0 Å². The maximum absolute atomic E-state index is 9.38. The Morgan fingerprint density at radius 3 is 3.25 bits per heavy atom. The van der Waals surface area contributed by atoms with Crippen LogP contribution < -0.4 is 5.73 Å². The number of pyridine rings is 1. The molecule has 0 saturated carbocycles. The van der Waals surface area contributed by atoms with Crippen molar-refractivity contribution in [2.75, 3.05) is 5.73 Å². The van der Waals surface area contributed by atoms with Crippen molar-refractivity contribution in [3.05, 3.63) is 23.5 Å². The van der Waals surface area contributed by atoms with Gasteiger partial charge < -0.3 is 10.8 Å². The molecule has 0 radical (unpaired) electrons. The van der Waals surface area contributed by atoms with Gasteiger partial charge in [0, 0.05) is 12.1 Å². The molecular formula is C9H12N2O. The van der Waals surface area contributed by atoms with Gasteiger partial charge >= 0.3 is 0 Å². The Bertz CT molecular complexity index is 299. The van der Waals surface area contributed by atoms with Gasteiger partial charge in [-0.1, -0.05) is 0 Å². The molecule has 0 bridgehead atoms. The maximum atomic E-state index is 9.38. The molecule has 0 fully saturated rings. The zero-order chi connectivity index (χ0) is 8.55. The Morgan fingerprint density at radius 1 is 1.58 bits per heavy atom. The van der Waals surface area contributed by atoms with Crippen LogP contribution in [0.3, 0.4) is 0 Å². The molecule has 1 aromatic rings. The first-order valence-electron chi connectivity index (χ1n) is 4.17. The third-order valence-electron chi connectivity index (χ3n) is 2.25. The van der Waals surface area contributed by atoms with Crippen molar-refractivity contribution in [2.24, 2.45) is 0 Å². The summed E-state index contributed by atoms with van der Waals surface area (Å²) in [5.74, 6) is 0. The second-order valence-corrected chi connectivity index (χ2v) is 3.27. The van der Waals surface area contributed by atoms with E-state index in [2.05, 4.69) is 4.98 Å². The quantitative estimate of drug-likeness (QED) is 0.587. The van der Waals surface area contributed by atoms with E-state index in [1.807, 2.05) is 6.07 Å². The van der Waals surface area contributed by atoms with E-state index in [9.17, 15) is 5.11 Å². The summed E-state index contributed by atoms with van der Waals surface area (Å²) in [4.78, 5) is 4.22. The van der Waals surface area contributed by atoms with Gasteiger partial charge in [0.05, 0.1) is 18.0 Å². The molecule has 1 aromatic heterocycles. The fraction of sp³-hybridized carbons (Fsp3) is 0.444. The van der Waals surface area contributed by atoms with Crippen LogP contribution in [0.2, 0.25) is 0 Å². The molecule has 0 spiro atoms. The topological polar surface area (TPSA) is 59.1 Å². The number of aryl methyl sites for hydroxylation is 1. The molecule has 12 heavy (non-hydrogen) atoms. The first-order valence-corrected chi connectivity index (χ1v) is 4.17. The highest BCUT2D eigenvalue weighted by atomic mass is 16.3. The van der Waals surface area contributed by atoms with Gasteiger partial charge in [-0.3, -0.25) is 4.98 Å². The molecule has 3 heteroatoms. The molecule has 2 rings (SSSR count). The minimum absolute atomic E-state index is 0.207. The Labute approximate surface area is 71.2 Å². The highest BCUT2D eigenvalue weighted by Crippen LogP contribution is 2.20. The lowest BCUT2D eigenvalue weighted by Gasteiger charge is -2.19. The number of nitrogen functional groups attached to an aromatic ring is 1. The van der Waals surface area contributed by atoms with Crippen LogP contribution >= 0.6 is 0 Å². The van der Waals surface area contributed by atoms with E-state index < -0.39 is 0 Å². The summed E-state index contributed by atoms with van der Waals surface area (Å²) in [5, 5.41) is 9.38. The summed E-state index contributed by atoms with van der Waals surface area (Å²) in [6.45, 7) is 0. The van der Waals surface area contributed by atoms with Crippen molar-refractivity contribution in [1.29, 1.82) is 0 Å². The predicted molar refractivity (Wildman–Crippen MR) is 46.7 cm³/mol. The minimum atomic E-state index is -0.207. The molecule has 1 aliphatic rings. The zero-order valence-corrected chi connectivity index (χ0v) is 6.83. The van der Waals surface area contributed by atoms with Gasteiger partial charge in [-0.25, -0.2) is 0 Å². The molecule has 3 N–H and O–H groups in total. The molecule has 0 amide bonds. The van der Waals surface area contributed by atoms with Gasteiger partial charge in [-0.05, 0) is 24.5 Å². The summed E-state index contributed by atoms with van der Waals surface area (Å²) in [6, 6.07) is 1.91. The summed E-state index contributed by atoms with van der Waals surface area (Å²) in [6.07, 6.45) is 3.87. The van der Waals surface area contributed by atoms with Crippen LogP contribution in [-0.2, 0) is 12.8 Å². The number of aromatic nitrogens is 1. The maximum Gasteiger partial charge on any atom is 0.0585 e. The fourth-order valence-corrected chi connectivity index (χ4v) is 1.62. The Hall–Kier alpha value is -1.09. The highest BCUT2D eigenvalue weighted by molar-refractivity contribution is 5.41. The predicted octanol–water partition coefficient (Wildman–Crippen LogP) is 0.513. The van der Waals surface area contributed by atoms with Gasteiger partial charge in [0.1, 0.15) is 0 Å². The molecule has 3 nitrogen and oxygen atoms in total. The molecule has 1 heterocycles. The minimum Gasteiger partial charge on any atom is -0.397 e. The number of anilines is 1. The number of hydrogen-bond acceptors (Lipinski definition) is 3. The van der Waals surface area contributed by atoms with E-state index in [4.69, 9.17) is 5.73 Å². The van der Waals surface area contributed by atoms with Crippen molar-refractivity contribution < 1.29 is 5.11 Å². The number of hydrogen-bond donors (Lipinski definition) is 2. The number of fused-ring (bicyclic) bond motifs is 1. The number of nitrogens with zero attached hydrogens (tertiary/aromatic N) is 1. The first kappa shape index (κ1) is 7.55. The zero-order valence-electron chi connectivity index (χ0n) is 6.83. The van der Waals surface area contributed by atoms with Crippen LogP contribution in [0, 0.1) is 0 Å². The average molecular weight is 164 g/mol. The van der Waals surface area contributed by atoms with E-state index >= 15 is 0 Å². The molecular weight excluding hydrogens is 152 g/mol. The Kier molecular flexibility index (Phi) is 1.73. The molecule has 0 saturated heterocycles. The lowest BCUT2D eigenvalue weighted by atomic mass is 9.94. The van der Waals surface area contributed by atoms with E-state index in [1.54, 1.807) is 6.20 Å².